The standard InChI is InChI=1S/C6H13N3/c1-5(9-2)3-6(8)4-7/h3H,4,7-8H2,1-2H3/b6-3-,9-5?. The predicted molar refractivity (Wildman–Crippen MR) is 40.4 cm³/mol. The third-order valence-corrected chi connectivity index (χ3v) is 0.983. The number of hydrogen-bond acceptors (Lipinski definition) is 3. The molecular weight excluding hydrogens is 114 g/mol. The molecule has 0 aliphatic carbocycles. The van der Waals surface area contributed by atoms with E-state index in [4.69, 9.17) is 11.5 Å². The SMILES string of the molecule is CN=C(C)/C=C(\N)CN. The second-order valence-electron chi connectivity index (χ2n) is 1.79. The summed E-state index contributed by atoms with van der Waals surface area (Å²) in [4.78, 5) is 3.88. The predicted octanol–water partition coefficient (Wildman–Crippen LogP) is -0.122. The average molecular weight is 127 g/mol. The van der Waals surface area contributed by atoms with Crippen LogP contribution in [0.5, 0.6) is 0 Å². The van der Waals surface area contributed by atoms with Crippen molar-refractivity contribution >= 4 is 5.71 Å². The van der Waals surface area contributed by atoms with Gasteiger partial charge in [0.05, 0.1) is 0 Å². The molecule has 0 saturated heterocycles. The lowest BCUT2D eigenvalue weighted by Gasteiger charge is -1.93. The summed E-state index contributed by atoms with van der Waals surface area (Å²) in [5.41, 5.74) is 12.2. The van der Waals surface area contributed by atoms with Crippen LogP contribution >= 0.6 is 0 Å². The van der Waals surface area contributed by atoms with Gasteiger partial charge in [0, 0.05) is 25.0 Å². The molecule has 0 aromatic rings. The van der Waals surface area contributed by atoms with Gasteiger partial charge in [0.25, 0.3) is 0 Å². The van der Waals surface area contributed by atoms with Gasteiger partial charge in [-0.15, -0.1) is 0 Å². The zero-order valence-electron chi connectivity index (χ0n) is 5.89. The summed E-state index contributed by atoms with van der Waals surface area (Å²) >= 11 is 0. The second kappa shape index (κ2) is 4.09. The highest BCUT2D eigenvalue weighted by atomic mass is 14.7. The van der Waals surface area contributed by atoms with Crippen molar-refractivity contribution in [3.63, 3.8) is 0 Å². The van der Waals surface area contributed by atoms with Crippen molar-refractivity contribution < 1.29 is 0 Å². The van der Waals surface area contributed by atoms with Crippen molar-refractivity contribution in [3.05, 3.63) is 11.8 Å². The van der Waals surface area contributed by atoms with Crippen molar-refractivity contribution in [1.29, 1.82) is 0 Å². The summed E-state index contributed by atoms with van der Waals surface area (Å²) in [6, 6.07) is 0. The van der Waals surface area contributed by atoms with E-state index in [1.165, 1.54) is 0 Å². The molecule has 0 saturated carbocycles. The fourth-order valence-electron chi connectivity index (χ4n) is 0.392. The number of rotatable bonds is 2. The maximum absolute atomic E-state index is 5.40. The Morgan fingerprint density at radius 1 is 1.67 bits per heavy atom. The van der Waals surface area contributed by atoms with Crippen LogP contribution in [0.25, 0.3) is 0 Å². The number of nitrogens with zero attached hydrogens (tertiary/aromatic N) is 1. The van der Waals surface area contributed by atoms with Crippen molar-refractivity contribution in [3.8, 4) is 0 Å². The summed E-state index contributed by atoms with van der Waals surface area (Å²) in [6.45, 7) is 2.27. The molecule has 0 heterocycles. The maximum Gasteiger partial charge on any atom is 0.0331 e. The van der Waals surface area contributed by atoms with Crippen molar-refractivity contribution in [1.82, 2.24) is 0 Å². The average Bonchev–Trinajstić information content (AvgIpc) is 1.87. The Kier molecular flexibility index (Phi) is 3.71. The largest absolute Gasteiger partial charge is 0.401 e. The minimum Gasteiger partial charge on any atom is -0.401 e. The van der Waals surface area contributed by atoms with Crippen LogP contribution in [0.2, 0.25) is 0 Å². The van der Waals surface area contributed by atoms with Crippen LogP contribution in [-0.4, -0.2) is 19.3 Å². The van der Waals surface area contributed by atoms with Crippen molar-refractivity contribution in [2.24, 2.45) is 16.5 Å². The normalized spacial score (nSPS) is 14.1. The molecule has 4 N–H and O–H groups in total. The van der Waals surface area contributed by atoms with Crippen LogP contribution in [0.15, 0.2) is 16.8 Å². The first-order valence-corrected chi connectivity index (χ1v) is 2.80. The van der Waals surface area contributed by atoms with Gasteiger partial charge in [0.2, 0.25) is 0 Å². The minimum absolute atomic E-state index is 0.396. The first-order chi connectivity index (χ1) is 4.20. The summed E-state index contributed by atoms with van der Waals surface area (Å²) in [7, 11) is 1.72. The second-order valence-corrected chi connectivity index (χ2v) is 1.79. The highest BCUT2D eigenvalue weighted by Crippen LogP contribution is 1.82. The lowest BCUT2D eigenvalue weighted by molar-refractivity contribution is 1.11. The number of allylic oxidation sites excluding steroid dienone is 1. The molecule has 3 heteroatoms. The Labute approximate surface area is 55.4 Å². The van der Waals surface area contributed by atoms with Crippen LogP contribution in [0.1, 0.15) is 6.92 Å². The molecule has 3 nitrogen and oxygen atoms in total. The molecule has 0 aliphatic rings. The van der Waals surface area contributed by atoms with E-state index in [0.29, 0.717) is 12.2 Å². The lowest BCUT2D eigenvalue weighted by atomic mass is 10.3. The molecule has 0 bridgehead atoms. The van der Waals surface area contributed by atoms with Crippen LogP contribution < -0.4 is 11.5 Å². The number of aliphatic imine (C=N–C) groups is 1. The molecule has 0 aliphatic heterocycles. The smallest absolute Gasteiger partial charge is 0.0331 e. The van der Waals surface area contributed by atoms with E-state index in [-0.39, 0.29) is 0 Å². The van der Waals surface area contributed by atoms with Gasteiger partial charge in [-0.05, 0) is 13.0 Å². The molecule has 0 spiro atoms. The topological polar surface area (TPSA) is 64.4 Å². The zero-order chi connectivity index (χ0) is 7.28. The lowest BCUT2D eigenvalue weighted by Crippen LogP contribution is -2.12. The highest BCUT2D eigenvalue weighted by molar-refractivity contribution is 5.93. The molecular formula is C6H13N3. The molecule has 0 amide bonds. The van der Waals surface area contributed by atoms with E-state index in [9.17, 15) is 0 Å². The quantitative estimate of drug-likeness (QED) is 0.508. The zero-order valence-corrected chi connectivity index (χ0v) is 5.89. The van der Waals surface area contributed by atoms with Crippen molar-refractivity contribution in [2.45, 2.75) is 6.92 Å². The van der Waals surface area contributed by atoms with Gasteiger partial charge in [-0.25, -0.2) is 0 Å². The van der Waals surface area contributed by atoms with Gasteiger partial charge in [0.15, 0.2) is 0 Å². The van der Waals surface area contributed by atoms with Gasteiger partial charge < -0.3 is 11.5 Å². The summed E-state index contributed by atoms with van der Waals surface area (Å²) < 4.78 is 0. The molecule has 0 radical (unpaired) electrons. The Hall–Kier alpha value is -0.830. The molecule has 52 valence electrons. The summed E-state index contributed by atoms with van der Waals surface area (Å²) in [5, 5.41) is 0. The molecule has 9 heavy (non-hydrogen) atoms. The first-order valence-electron chi connectivity index (χ1n) is 2.80. The van der Waals surface area contributed by atoms with E-state index in [1.54, 1.807) is 13.1 Å². The van der Waals surface area contributed by atoms with Crippen molar-refractivity contribution in [2.75, 3.05) is 13.6 Å². The van der Waals surface area contributed by atoms with Crippen LogP contribution in [-0.2, 0) is 0 Å². The number of hydrogen-bond donors (Lipinski definition) is 2. The minimum atomic E-state index is 0.396. The van der Waals surface area contributed by atoms with E-state index in [0.717, 1.165) is 5.71 Å². The Morgan fingerprint density at radius 3 is 2.56 bits per heavy atom. The monoisotopic (exact) mass is 127 g/mol. The third-order valence-electron chi connectivity index (χ3n) is 0.983. The maximum atomic E-state index is 5.40. The Balaban J connectivity index is 3.95. The van der Waals surface area contributed by atoms with Gasteiger partial charge in [0.1, 0.15) is 0 Å². The van der Waals surface area contributed by atoms with Gasteiger partial charge in [-0.2, -0.15) is 0 Å². The van der Waals surface area contributed by atoms with Gasteiger partial charge in [-0.3, -0.25) is 4.99 Å². The summed E-state index contributed by atoms with van der Waals surface area (Å²) in [5.74, 6) is 0. The van der Waals surface area contributed by atoms with Gasteiger partial charge >= 0.3 is 0 Å². The van der Waals surface area contributed by atoms with E-state index < -0.39 is 0 Å². The van der Waals surface area contributed by atoms with Crippen LogP contribution in [0, 0.1) is 0 Å². The van der Waals surface area contributed by atoms with Crippen LogP contribution in [0.3, 0.4) is 0 Å². The molecule has 0 unspecified atom stereocenters. The Bertz CT molecular complexity index is 135. The van der Waals surface area contributed by atoms with E-state index in [2.05, 4.69) is 4.99 Å². The summed E-state index contributed by atoms with van der Waals surface area (Å²) in [6.07, 6.45) is 1.76. The molecule has 0 fully saturated rings. The van der Waals surface area contributed by atoms with Crippen LogP contribution in [0.4, 0.5) is 0 Å². The van der Waals surface area contributed by atoms with Gasteiger partial charge in [-0.1, -0.05) is 0 Å². The first kappa shape index (κ1) is 8.17. The fraction of sp³-hybridized carbons (Fsp3) is 0.500. The molecule has 0 atom stereocenters. The Morgan fingerprint density at radius 2 is 2.22 bits per heavy atom. The molecule has 0 aromatic carbocycles. The number of nitrogens with two attached hydrogens (primary N) is 2. The third kappa shape index (κ3) is 3.73. The molecule has 0 aromatic heterocycles. The fourth-order valence-corrected chi connectivity index (χ4v) is 0.392. The van der Waals surface area contributed by atoms with E-state index in [1.807, 2.05) is 6.92 Å². The highest BCUT2D eigenvalue weighted by Gasteiger charge is 1.84. The molecule has 0 rings (SSSR count). The van der Waals surface area contributed by atoms with E-state index >= 15 is 0 Å².